The van der Waals surface area contributed by atoms with Crippen LogP contribution in [0, 0.1) is 5.41 Å². The van der Waals surface area contributed by atoms with Gasteiger partial charge in [-0.3, -0.25) is 4.79 Å². The maximum Gasteiger partial charge on any atom is 0.229 e. The number of carbonyl (C=O) groups excluding carboxylic acids is 1. The molecule has 0 aromatic carbocycles. The Labute approximate surface area is 122 Å². The molecule has 2 rings (SSSR count). The average Bonchev–Trinajstić information content (AvgIpc) is 2.26. The van der Waals surface area contributed by atoms with Crippen molar-refractivity contribution >= 4 is 18.3 Å². The van der Waals surface area contributed by atoms with Crippen LogP contribution in [0.25, 0.3) is 0 Å². The second kappa shape index (κ2) is 5.98. The van der Waals surface area contributed by atoms with Gasteiger partial charge < -0.3 is 15.0 Å². The molecule has 4 nitrogen and oxygen atoms in total. The zero-order chi connectivity index (χ0) is 13.4. The smallest absolute Gasteiger partial charge is 0.229 e. The molecule has 0 spiro atoms. The summed E-state index contributed by atoms with van der Waals surface area (Å²) in [6.45, 7) is 11.5. The number of piperidine rings is 1. The summed E-state index contributed by atoms with van der Waals surface area (Å²) in [6, 6.07) is 0. The monoisotopic (exact) mass is 290 g/mol. The minimum Gasteiger partial charge on any atom is -0.369 e. The van der Waals surface area contributed by atoms with Gasteiger partial charge in [0.2, 0.25) is 5.91 Å². The van der Waals surface area contributed by atoms with Gasteiger partial charge in [-0.15, -0.1) is 12.4 Å². The molecule has 0 bridgehead atoms. The predicted molar refractivity (Wildman–Crippen MR) is 78.7 cm³/mol. The molecule has 2 saturated heterocycles. The van der Waals surface area contributed by atoms with E-state index in [9.17, 15) is 4.79 Å². The molecule has 2 aliphatic heterocycles. The van der Waals surface area contributed by atoms with Gasteiger partial charge in [-0.2, -0.15) is 0 Å². The third-order valence-electron chi connectivity index (χ3n) is 3.97. The summed E-state index contributed by atoms with van der Waals surface area (Å²) < 4.78 is 5.86. The molecule has 1 N–H and O–H groups in total. The first-order valence-electron chi connectivity index (χ1n) is 7.00. The van der Waals surface area contributed by atoms with Gasteiger partial charge in [-0.25, -0.2) is 0 Å². The number of hydrogen-bond acceptors (Lipinski definition) is 3. The Morgan fingerprint density at radius 1 is 1.37 bits per heavy atom. The number of nitrogens with zero attached hydrogens (tertiary/aromatic N) is 1. The van der Waals surface area contributed by atoms with Gasteiger partial charge in [-0.1, -0.05) is 0 Å². The maximum absolute atomic E-state index is 12.7. The van der Waals surface area contributed by atoms with Gasteiger partial charge >= 0.3 is 0 Å². The van der Waals surface area contributed by atoms with E-state index in [0.29, 0.717) is 6.54 Å². The number of amides is 1. The second-order valence-corrected chi connectivity index (χ2v) is 6.71. The summed E-state index contributed by atoms with van der Waals surface area (Å²) in [6.07, 6.45) is 2.20. The third-order valence-corrected chi connectivity index (χ3v) is 3.97. The van der Waals surface area contributed by atoms with E-state index in [-0.39, 0.29) is 35.4 Å². The minimum absolute atomic E-state index is 0. The Kier molecular flexibility index (Phi) is 5.27. The van der Waals surface area contributed by atoms with Crippen LogP contribution in [-0.2, 0) is 9.53 Å². The maximum atomic E-state index is 12.7. The first-order valence-corrected chi connectivity index (χ1v) is 7.00. The topological polar surface area (TPSA) is 41.6 Å². The van der Waals surface area contributed by atoms with Crippen molar-refractivity contribution in [3.63, 3.8) is 0 Å². The number of carbonyl (C=O) groups is 1. The molecule has 2 fully saturated rings. The van der Waals surface area contributed by atoms with Crippen LogP contribution in [0.3, 0.4) is 0 Å². The van der Waals surface area contributed by atoms with Crippen molar-refractivity contribution in [2.45, 2.75) is 52.2 Å². The van der Waals surface area contributed by atoms with Crippen LogP contribution in [0.4, 0.5) is 0 Å². The molecular formula is C14H27ClN2O2. The number of hydrogen-bond donors (Lipinski definition) is 1. The van der Waals surface area contributed by atoms with Gasteiger partial charge in [-0.05, 0) is 47.1 Å². The van der Waals surface area contributed by atoms with Gasteiger partial charge in [0.15, 0.2) is 0 Å². The zero-order valence-electron chi connectivity index (χ0n) is 12.5. The lowest BCUT2D eigenvalue weighted by Crippen LogP contribution is -2.58. The molecule has 1 amide bonds. The average molecular weight is 291 g/mol. The highest BCUT2D eigenvalue weighted by Crippen LogP contribution is 2.31. The Morgan fingerprint density at radius 3 is 2.58 bits per heavy atom. The molecule has 0 aliphatic carbocycles. The van der Waals surface area contributed by atoms with E-state index < -0.39 is 0 Å². The van der Waals surface area contributed by atoms with E-state index in [4.69, 9.17) is 4.74 Å². The first-order chi connectivity index (χ1) is 8.32. The lowest BCUT2D eigenvalue weighted by molar-refractivity contribution is -0.167. The van der Waals surface area contributed by atoms with Crippen LogP contribution in [-0.4, -0.2) is 48.7 Å². The highest BCUT2D eigenvalue weighted by molar-refractivity contribution is 5.85. The molecule has 112 valence electrons. The fourth-order valence-corrected chi connectivity index (χ4v) is 3.23. The first kappa shape index (κ1) is 16.7. The standard InChI is InChI=1S/C14H26N2O2.ClH/c1-11-8-16(10-13(2,3)18-11)12(17)14(4)6-5-7-15-9-14;/h11,15H,5-10H2,1-4H3;1H. The summed E-state index contributed by atoms with van der Waals surface area (Å²) in [5.41, 5.74) is -0.461. The van der Waals surface area contributed by atoms with Crippen LogP contribution in [0.15, 0.2) is 0 Å². The fraction of sp³-hybridized carbons (Fsp3) is 0.929. The van der Waals surface area contributed by atoms with Crippen LogP contribution in [0.5, 0.6) is 0 Å². The van der Waals surface area contributed by atoms with Gasteiger partial charge in [0, 0.05) is 19.6 Å². The molecule has 0 saturated carbocycles. The Hall–Kier alpha value is -0.320. The molecular weight excluding hydrogens is 264 g/mol. The van der Waals surface area contributed by atoms with Gasteiger partial charge in [0.25, 0.3) is 0 Å². The molecule has 0 aromatic rings. The predicted octanol–water partition coefficient (Wildman–Crippen LogP) is 1.82. The molecule has 0 aromatic heterocycles. The quantitative estimate of drug-likeness (QED) is 0.801. The van der Waals surface area contributed by atoms with Crippen molar-refractivity contribution < 1.29 is 9.53 Å². The Morgan fingerprint density at radius 2 is 2.05 bits per heavy atom. The van der Waals surface area contributed by atoms with Crippen LogP contribution in [0.2, 0.25) is 0 Å². The number of nitrogens with one attached hydrogen (secondary N) is 1. The van der Waals surface area contributed by atoms with Crippen molar-refractivity contribution in [2.75, 3.05) is 26.2 Å². The van der Waals surface area contributed by atoms with E-state index >= 15 is 0 Å². The highest BCUT2D eigenvalue weighted by Gasteiger charge is 2.42. The van der Waals surface area contributed by atoms with E-state index in [1.54, 1.807) is 0 Å². The summed E-state index contributed by atoms with van der Waals surface area (Å²) in [4.78, 5) is 14.7. The Bertz CT molecular complexity index is 327. The van der Waals surface area contributed by atoms with E-state index in [0.717, 1.165) is 32.5 Å². The third kappa shape index (κ3) is 3.83. The van der Waals surface area contributed by atoms with Crippen molar-refractivity contribution in [1.82, 2.24) is 10.2 Å². The fourth-order valence-electron chi connectivity index (χ4n) is 3.23. The molecule has 2 aliphatic rings. The van der Waals surface area contributed by atoms with Crippen molar-refractivity contribution in [1.29, 1.82) is 0 Å². The molecule has 2 heterocycles. The van der Waals surface area contributed by atoms with Crippen molar-refractivity contribution in [3.8, 4) is 0 Å². The zero-order valence-corrected chi connectivity index (χ0v) is 13.3. The lowest BCUT2D eigenvalue weighted by Gasteiger charge is -2.45. The van der Waals surface area contributed by atoms with E-state index in [2.05, 4.69) is 26.1 Å². The molecule has 0 radical (unpaired) electrons. The second-order valence-electron chi connectivity index (χ2n) is 6.71. The number of morpholine rings is 1. The van der Waals surface area contributed by atoms with E-state index in [1.807, 2.05) is 11.8 Å². The largest absolute Gasteiger partial charge is 0.369 e. The number of ether oxygens (including phenoxy) is 1. The van der Waals surface area contributed by atoms with Crippen molar-refractivity contribution in [2.24, 2.45) is 5.41 Å². The lowest BCUT2D eigenvalue weighted by atomic mass is 9.81. The summed E-state index contributed by atoms with van der Waals surface area (Å²) in [5, 5.41) is 3.35. The highest BCUT2D eigenvalue weighted by atomic mass is 35.5. The Balaban J connectivity index is 0.00000180. The van der Waals surface area contributed by atoms with E-state index in [1.165, 1.54) is 0 Å². The SMILES string of the molecule is CC1CN(C(=O)C2(C)CCCNC2)CC(C)(C)O1.Cl. The number of rotatable bonds is 1. The molecule has 2 unspecified atom stereocenters. The molecule has 5 heteroatoms. The van der Waals surface area contributed by atoms with Crippen LogP contribution >= 0.6 is 12.4 Å². The van der Waals surface area contributed by atoms with Crippen molar-refractivity contribution in [3.05, 3.63) is 0 Å². The summed E-state index contributed by atoms with van der Waals surface area (Å²) in [7, 11) is 0. The van der Waals surface area contributed by atoms with Gasteiger partial charge in [0.1, 0.15) is 0 Å². The normalized spacial score (nSPS) is 34.5. The van der Waals surface area contributed by atoms with Crippen LogP contribution < -0.4 is 5.32 Å². The minimum atomic E-state index is -0.231. The number of halogens is 1. The van der Waals surface area contributed by atoms with Crippen LogP contribution in [0.1, 0.15) is 40.5 Å². The molecule has 19 heavy (non-hydrogen) atoms. The van der Waals surface area contributed by atoms with Gasteiger partial charge in [0.05, 0.1) is 17.1 Å². The summed E-state index contributed by atoms with van der Waals surface area (Å²) in [5.74, 6) is 0.290. The summed E-state index contributed by atoms with van der Waals surface area (Å²) >= 11 is 0. The molecule has 2 atom stereocenters.